The van der Waals surface area contributed by atoms with E-state index in [1.54, 1.807) is 12.1 Å². The number of morpholine rings is 1. The smallest absolute Gasteiger partial charge is 0.258 e. The summed E-state index contributed by atoms with van der Waals surface area (Å²) in [4.78, 5) is 19.7. The van der Waals surface area contributed by atoms with Crippen LogP contribution in [-0.2, 0) is 4.74 Å². The number of halogens is 1. The standard InChI is InChI=1S/C21H24ClN3O2/c22-18-5-3-4-17(16-18)21(26)25-11-10-24(19-6-1-2-7-20(19)25)9-8-23-12-14-27-15-13-23/h1-7,16H,8-15H2. The van der Waals surface area contributed by atoms with Crippen LogP contribution in [0.4, 0.5) is 11.4 Å². The zero-order chi connectivity index (χ0) is 18.6. The fourth-order valence-electron chi connectivity index (χ4n) is 3.73. The first-order valence-corrected chi connectivity index (χ1v) is 9.82. The van der Waals surface area contributed by atoms with Gasteiger partial charge in [-0.3, -0.25) is 9.69 Å². The summed E-state index contributed by atoms with van der Waals surface area (Å²) in [6.07, 6.45) is 0. The van der Waals surface area contributed by atoms with E-state index >= 15 is 0 Å². The predicted molar refractivity (Wildman–Crippen MR) is 109 cm³/mol. The van der Waals surface area contributed by atoms with Crippen molar-refractivity contribution < 1.29 is 9.53 Å². The highest BCUT2D eigenvalue weighted by Gasteiger charge is 2.27. The summed E-state index contributed by atoms with van der Waals surface area (Å²) in [5, 5.41) is 0.582. The number of carbonyl (C=O) groups is 1. The number of hydrogen-bond donors (Lipinski definition) is 0. The quantitative estimate of drug-likeness (QED) is 0.810. The largest absolute Gasteiger partial charge is 0.379 e. The van der Waals surface area contributed by atoms with Crippen molar-refractivity contribution in [2.75, 3.05) is 62.3 Å². The van der Waals surface area contributed by atoms with E-state index < -0.39 is 0 Å². The Balaban J connectivity index is 1.51. The third-order valence-corrected chi connectivity index (χ3v) is 5.45. The lowest BCUT2D eigenvalue weighted by Gasteiger charge is -2.39. The number of rotatable bonds is 4. The molecule has 5 nitrogen and oxygen atoms in total. The van der Waals surface area contributed by atoms with Gasteiger partial charge in [-0.05, 0) is 30.3 Å². The molecule has 27 heavy (non-hydrogen) atoms. The van der Waals surface area contributed by atoms with Gasteiger partial charge in [-0.2, -0.15) is 0 Å². The van der Waals surface area contributed by atoms with E-state index in [0.29, 0.717) is 17.1 Å². The Morgan fingerprint density at radius 1 is 0.926 bits per heavy atom. The molecule has 2 aliphatic rings. The van der Waals surface area contributed by atoms with Gasteiger partial charge in [0.05, 0.1) is 24.6 Å². The van der Waals surface area contributed by atoms with Crippen molar-refractivity contribution in [2.24, 2.45) is 0 Å². The molecule has 0 radical (unpaired) electrons. The summed E-state index contributed by atoms with van der Waals surface area (Å²) >= 11 is 6.07. The molecule has 142 valence electrons. The van der Waals surface area contributed by atoms with Crippen molar-refractivity contribution in [1.82, 2.24) is 4.90 Å². The van der Waals surface area contributed by atoms with Crippen molar-refractivity contribution in [1.29, 1.82) is 0 Å². The molecule has 1 amide bonds. The summed E-state index contributed by atoms with van der Waals surface area (Å²) in [7, 11) is 0. The molecule has 0 saturated carbocycles. The van der Waals surface area contributed by atoms with Crippen molar-refractivity contribution in [3.63, 3.8) is 0 Å². The molecule has 1 saturated heterocycles. The van der Waals surface area contributed by atoms with Crippen molar-refractivity contribution in [2.45, 2.75) is 0 Å². The van der Waals surface area contributed by atoms with Crippen LogP contribution in [0.15, 0.2) is 48.5 Å². The maximum atomic E-state index is 13.1. The maximum absolute atomic E-state index is 13.1. The molecule has 0 aromatic heterocycles. The first kappa shape index (κ1) is 18.3. The van der Waals surface area contributed by atoms with Gasteiger partial charge in [-0.25, -0.2) is 0 Å². The molecule has 1 fully saturated rings. The average Bonchev–Trinajstić information content (AvgIpc) is 2.72. The number of anilines is 2. The summed E-state index contributed by atoms with van der Waals surface area (Å²) in [6, 6.07) is 15.3. The fraction of sp³-hybridized carbons (Fsp3) is 0.381. The number of amides is 1. The first-order valence-electron chi connectivity index (χ1n) is 9.44. The lowest BCUT2D eigenvalue weighted by atomic mass is 10.1. The molecule has 6 heteroatoms. The van der Waals surface area contributed by atoms with Gasteiger partial charge in [-0.1, -0.05) is 29.8 Å². The topological polar surface area (TPSA) is 36.0 Å². The van der Waals surface area contributed by atoms with Gasteiger partial charge in [0.25, 0.3) is 5.91 Å². The van der Waals surface area contributed by atoms with E-state index in [-0.39, 0.29) is 5.91 Å². The normalized spacial score (nSPS) is 17.7. The second-order valence-electron chi connectivity index (χ2n) is 6.90. The molecule has 0 spiro atoms. The van der Waals surface area contributed by atoms with Crippen LogP contribution >= 0.6 is 11.6 Å². The Labute approximate surface area is 165 Å². The number of para-hydroxylation sites is 2. The van der Waals surface area contributed by atoms with Gasteiger partial charge in [0.15, 0.2) is 0 Å². The summed E-state index contributed by atoms with van der Waals surface area (Å²) < 4.78 is 5.43. The van der Waals surface area contributed by atoms with Crippen LogP contribution in [-0.4, -0.2) is 63.3 Å². The first-order chi connectivity index (χ1) is 13.2. The predicted octanol–water partition coefficient (Wildman–Crippen LogP) is 3.14. The molecule has 0 atom stereocenters. The van der Waals surface area contributed by atoms with Gasteiger partial charge in [0, 0.05) is 49.9 Å². The van der Waals surface area contributed by atoms with Crippen LogP contribution in [0, 0.1) is 0 Å². The van der Waals surface area contributed by atoms with E-state index in [1.165, 1.54) is 0 Å². The minimum Gasteiger partial charge on any atom is -0.379 e. The van der Waals surface area contributed by atoms with Crippen LogP contribution in [0.2, 0.25) is 5.02 Å². The number of nitrogens with zero attached hydrogens (tertiary/aromatic N) is 3. The van der Waals surface area contributed by atoms with Gasteiger partial charge < -0.3 is 14.5 Å². The van der Waals surface area contributed by atoms with E-state index in [2.05, 4.69) is 15.9 Å². The number of fused-ring (bicyclic) bond motifs is 1. The lowest BCUT2D eigenvalue weighted by molar-refractivity contribution is 0.0391. The minimum absolute atomic E-state index is 0.00206. The molecule has 0 aliphatic carbocycles. The summed E-state index contributed by atoms with van der Waals surface area (Å²) in [5.41, 5.74) is 2.71. The highest BCUT2D eigenvalue weighted by Crippen LogP contribution is 2.33. The molecule has 0 unspecified atom stereocenters. The van der Waals surface area contributed by atoms with Crippen LogP contribution in [0.1, 0.15) is 10.4 Å². The van der Waals surface area contributed by atoms with Crippen molar-refractivity contribution in [3.05, 3.63) is 59.1 Å². The zero-order valence-corrected chi connectivity index (χ0v) is 16.1. The average molecular weight is 386 g/mol. The Bertz CT molecular complexity index is 808. The minimum atomic E-state index is -0.00206. The lowest BCUT2D eigenvalue weighted by Crippen LogP contribution is -2.47. The molecule has 4 rings (SSSR count). The molecule has 2 heterocycles. The zero-order valence-electron chi connectivity index (χ0n) is 15.3. The Morgan fingerprint density at radius 3 is 2.48 bits per heavy atom. The van der Waals surface area contributed by atoms with Crippen LogP contribution in [0.5, 0.6) is 0 Å². The van der Waals surface area contributed by atoms with Crippen molar-refractivity contribution in [3.8, 4) is 0 Å². The van der Waals surface area contributed by atoms with Gasteiger partial charge in [-0.15, -0.1) is 0 Å². The fourth-order valence-corrected chi connectivity index (χ4v) is 3.92. The molecule has 0 bridgehead atoms. The second-order valence-corrected chi connectivity index (χ2v) is 7.33. The maximum Gasteiger partial charge on any atom is 0.258 e. The highest BCUT2D eigenvalue weighted by molar-refractivity contribution is 6.31. The molecule has 2 aliphatic heterocycles. The third kappa shape index (κ3) is 4.10. The Kier molecular flexibility index (Phi) is 5.62. The van der Waals surface area contributed by atoms with E-state index in [4.69, 9.17) is 16.3 Å². The second kappa shape index (κ2) is 8.30. The number of carbonyl (C=O) groups excluding carboxylic acids is 1. The molecular weight excluding hydrogens is 362 g/mol. The Hall–Kier alpha value is -2.08. The number of hydrogen-bond acceptors (Lipinski definition) is 4. The van der Waals surface area contributed by atoms with E-state index in [9.17, 15) is 4.79 Å². The SMILES string of the molecule is O=C(c1cccc(Cl)c1)N1CCN(CCN2CCOCC2)c2ccccc21. The van der Waals surface area contributed by atoms with E-state index in [1.807, 2.05) is 35.2 Å². The summed E-state index contributed by atoms with van der Waals surface area (Å²) in [6.45, 7) is 7.09. The summed E-state index contributed by atoms with van der Waals surface area (Å²) in [5.74, 6) is -0.00206. The van der Waals surface area contributed by atoms with Crippen LogP contribution in [0.3, 0.4) is 0 Å². The number of benzene rings is 2. The molecular formula is C21H24ClN3O2. The van der Waals surface area contributed by atoms with Gasteiger partial charge in [0.2, 0.25) is 0 Å². The molecule has 2 aromatic carbocycles. The molecule has 2 aromatic rings. The number of ether oxygens (including phenoxy) is 1. The van der Waals surface area contributed by atoms with E-state index in [0.717, 1.165) is 57.3 Å². The van der Waals surface area contributed by atoms with Crippen LogP contribution in [0.25, 0.3) is 0 Å². The van der Waals surface area contributed by atoms with Gasteiger partial charge >= 0.3 is 0 Å². The highest BCUT2D eigenvalue weighted by atomic mass is 35.5. The third-order valence-electron chi connectivity index (χ3n) is 5.21. The molecule has 0 N–H and O–H groups in total. The van der Waals surface area contributed by atoms with Crippen molar-refractivity contribution >= 4 is 28.9 Å². The monoisotopic (exact) mass is 385 g/mol. The van der Waals surface area contributed by atoms with Crippen LogP contribution < -0.4 is 9.80 Å². The van der Waals surface area contributed by atoms with Gasteiger partial charge in [0.1, 0.15) is 0 Å². The Morgan fingerprint density at radius 2 is 1.70 bits per heavy atom.